The highest BCUT2D eigenvalue weighted by Gasteiger charge is 2.53. The molecule has 1 fully saturated rings. The molecule has 0 saturated carbocycles. The average Bonchev–Trinajstić information content (AvgIpc) is 3.09. The first-order valence-corrected chi connectivity index (χ1v) is 14.9. The van der Waals surface area contributed by atoms with Gasteiger partial charge in [-0.3, -0.25) is 5.41 Å². The third kappa shape index (κ3) is 9.72. The van der Waals surface area contributed by atoms with Crippen LogP contribution in [0.25, 0.3) is 0 Å². The molecule has 4 aromatic carbocycles. The number of rotatable bonds is 13. The lowest BCUT2D eigenvalue weighted by Gasteiger charge is -2.45. The smallest absolute Gasteiger partial charge is 0.449 e. The summed E-state index contributed by atoms with van der Waals surface area (Å²) in [4.78, 5) is 13.3. The van der Waals surface area contributed by atoms with Gasteiger partial charge in [0.1, 0.15) is 18.3 Å². The maximum Gasteiger partial charge on any atom is 0.467 e. The van der Waals surface area contributed by atoms with Crippen LogP contribution >= 0.6 is 0 Å². The van der Waals surface area contributed by atoms with Gasteiger partial charge in [0.05, 0.1) is 32.0 Å². The summed E-state index contributed by atoms with van der Waals surface area (Å²) >= 11 is 0. The van der Waals surface area contributed by atoms with Crippen LogP contribution in [0.1, 0.15) is 27.0 Å². The highest BCUT2D eigenvalue weighted by molar-refractivity contribution is 5.89. The molecule has 5 atom stereocenters. The first-order chi connectivity index (χ1) is 22.8. The van der Waals surface area contributed by atoms with Gasteiger partial charge in [0.25, 0.3) is 5.90 Å². The SMILES string of the molecule is N=C(O[C@@H]1O[C@H](COCc2ccccc2)[C@H](OCc2ccccc2)[C@H](OCc2ccccc2)[C@H]1OC(=O)c1ccccc1)C(F)(F)F. The van der Waals surface area contributed by atoms with Crippen LogP contribution in [0.15, 0.2) is 121 Å². The van der Waals surface area contributed by atoms with Gasteiger partial charge >= 0.3 is 12.1 Å². The second kappa shape index (κ2) is 16.3. The Morgan fingerprint density at radius 2 is 1.11 bits per heavy atom. The lowest BCUT2D eigenvalue weighted by Crippen LogP contribution is -2.62. The third-order valence-electron chi connectivity index (χ3n) is 7.30. The minimum absolute atomic E-state index is 0.00286. The molecule has 0 amide bonds. The molecule has 5 rings (SSSR count). The zero-order valence-electron chi connectivity index (χ0n) is 25.3. The van der Waals surface area contributed by atoms with E-state index in [0.29, 0.717) is 0 Å². The van der Waals surface area contributed by atoms with Crippen molar-refractivity contribution in [1.82, 2.24) is 0 Å². The number of halogens is 3. The number of nitrogens with one attached hydrogen (secondary N) is 1. The molecule has 0 radical (unpaired) electrons. The lowest BCUT2D eigenvalue weighted by atomic mass is 9.97. The van der Waals surface area contributed by atoms with E-state index in [1.54, 1.807) is 18.2 Å². The lowest BCUT2D eigenvalue weighted by molar-refractivity contribution is -0.305. The van der Waals surface area contributed by atoms with Crippen molar-refractivity contribution in [3.8, 4) is 0 Å². The van der Waals surface area contributed by atoms with Crippen molar-refractivity contribution >= 4 is 11.9 Å². The van der Waals surface area contributed by atoms with E-state index in [1.165, 1.54) is 12.1 Å². The van der Waals surface area contributed by atoms with Crippen molar-refractivity contribution < 1.29 is 46.4 Å². The Labute approximate surface area is 270 Å². The molecule has 47 heavy (non-hydrogen) atoms. The van der Waals surface area contributed by atoms with Crippen LogP contribution in [0.5, 0.6) is 0 Å². The molecule has 0 spiro atoms. The summed E-state index contributed by atoms with van der Waals surface area (Å²) in [5, 5.41) is 7.60. The maximum absolute atomic E-state index is 13.6. The number of hydrogen-bond donors (Lipinski definition) is 1. The quantitative estimate of drug-likeness (QED) is 0.0959. The molecule has 1 aliphatic rings. The number of carbonyl (C=O) groups excluding carboxylic acids is 1. The fourth-order valence-electron chi connectivity index (χ4n) is 4.97. The first-order valence-electron chi connectivity index (χ1n) is 14.9. The highest BCUT2D eigenvalue weighted by Crippen LogP contribution is 2.33. The Balaban J connectivity index is 1.49. The largest absolute Gasteiger partial charge is 0.467 e. The van der Waals surface area contributed by atoms with E-state index >= 15 is 0 Å². The van der Waals surface area contributed by atoms with Gasteiger partial charge in [0.15, 0.2) is 6.10 Å². The van der Waals surface area contributed by atoms with Gasteiger partial charge in [-0.1, -0.05) is 109 Å². The number of carbonyl (C=O) groups is 1. The maximum atomic E-state index is 13.6. The minimum Gasteiger partial charge on any atom is -0.449 e. The van der Waals surface area contributed by atoms with E-state index in [0.717, 1.165) is 16.7 Å². The van der Waals surface area contributed by atoms with E-state index in [2.05, 4.69) is 0 Å². The zero-order chi connectivity index (χ0) is 33.1. The molecule has 1 aliphatic heterocycles. The first kappa shape index (κ1) is 33.8. The Bertz CT molecular complexity index is 1540. The molecule has 1 N–H and O–H groups in total. The van der Waals surface area contributed by atoms with Crippen molar-refractivity contribution in [2.75, 3.05) is 6.61 Å². The van der Waals surface area contributed by atoms with Crippen LogP contribution in [0.3, 0.4) is 0 Å². The molecular weight excluding hydrogens is 615 g/mol. The molecule has 11 heteroatoms. The van der Waals surface area contributed by atoms with Gasteiger partial charge in [-0.25, -0.2) is 4.79 Å². The number of ether oxygens (including phenoxy) is 6. The Kier molecular flexibility index (Phi) is 11.7. The van der Waals surface area contributed by atoms with E-state index in [4.69, 9.17) is 33.8 Å². The summed E-state index contributed by atoms with van der Waals surface area (Å²) in [6.07, 6.45) is -11.9. The van der Waals surface area contributed by atoms with Crippen LogP contribution in [-0.4, -0.2) is 55.4 Å². The van der Waals surface area contributed by atoms with Crippen LogP contribution in [0.2, 0.25) is 0 Å². The van der Waals surface area contributed by atoms with E-state index in [9.17, 15) is 18.0 Å². The molecule has 0 aliphatic carbocycles. The van der Waals surface area contributed by atoms with Gasteiger partial charge < -0.3 is 28.4 Å². The minimum atomic E-state index is -5.13. The summed E-state index contributed by atoms with van der Waals surface area (Å²) in [6, 6.07) is 35.6. The molecule has 4 aromatic rings. The second-order valence-corrected chi connectivity index (χ2v) is 10.7. The monoisotopic (exact) mass is 649 g/mol. The van der Waals surface area contributed by atoms with Crippen LogP contribution in [-0.2, 0) is 48.2 Å². The summed E-state index contributed by atoms with van der Waals surface area (Å²) < 4.78 is 76.4. The Morgan fingerprint density at radius 1 is 0.638 bits per heavy atom. The summed E-state index contributed by atoms with van der Waals surface area (Å²) in [7, 11) is 0. The molecule has 8 nitrogen and oxygen atoms in total. The van der Waals surface area contributed by atoms with Gasteiger partial charge in [-0.05, 0) is 28.8 Å². The zero-order valence-corrected chi connectivity index (χ0v) is 25.3. The van der Waals surface area contributed by atoms with Crippen molar-refractivity contribution in [2.45, 2.75) is 56.7 Å². The van der Waals surface area contributed by atoms with Crippen molar-refractivity contribution in [3.63, 3.8) is 0 Å². The molecule has 0 aromatic heterocycles. The summed E-state index contributed by atoms with van der Waals surface area (Å²) in [5.41, 5.74) is 2.58. The number of benzene rings is 4. The second-order valence-electron chi connectivity index (χ2n) is 10.7. The standard InChI is InChI=1S/C36H34F3NO7/c37-36(38,39)35(40)47-34-32(46-33(41)28-19-11-4-12-20-28)31(44-23-27-17-9-3-10-18-27)30(43-22-26-15-7-2-8-16-26)29(45-34)24-42-21-25-13-5-1-6-14-25/h1-20,29-32,34,40H,21-24H2/t29-,30+,31+,32-,34+/m1/s1. The highest BCUT2D eigenvalue weighted by atomic mass is 19.4. The fraction of sp³-hybridized carbons (Fsp3) is 0.278. The Morgan fingerprint density at radius 3 is 1.62 bits per heavy atom. The van der Waals surface area contributed by atoms with Crippen LogP contribution in [0.4, 0.5) is 13.2 Å². The summed E-state index contributed by atoms with van der Waals surface area (Å²) in [5.74, 6) is -2.86. The molecule has 0 bridgehead atoms. The summed E-state index contributed by atoms with van der Waals surface area (Å²) in [6.45, 7) is 0.117. The number of alkyl halides is 3. The predicted octanol–water partition coefficient (Wildman–Crippen LogP) is 6.88. The predicted molar refractivity (Wildman–Crippen MR) is 165 cm³/mol. The van der Waals surface area contributed by atoms with Gasteiger partial charge in [0, 0.05) is 0 Å². The molecule has 1 saturated heterocycles. The van der Waals surface area contributed by atoms with E-state index < -0.39 is 48.7 Å². The molecule has 0 unspecified atom stereocenters. The third-order valence-corrected chi connectivity index (χ3v) is 7.30. The van der Waals surface area contributed by atoms with Crippen molar-refractivity contribution in [3.05, 3.63) is 144 Å². The van der Waals surface area contributed by atoms with Gasteiger partial charge in [-0.15, -0.1) is 0 Å². The molecule has 246 valence electrons. The van der Waals surface area contributed by atoms with Gasteiger partial charge in [0.2, 0.25) is 6.29 Å². The number of esters is 1. The molecular formula is C36H34F3NO7. The van der Waals surface area contributed by atoms with Gasteiger partial charge in [-0.2, -0.15) is 13.2 Å². The van der Waals surface area contributed by atoms with E-state index in [-0.39, 0.29) is 32.0 Å². The van der Waals surface area contributed by atoms with Crippen LogP contribution < -0.4 is 0 Å². The Hall–Kier alpha value is -4.55. The van der Waals surface area contributed by atoms with Crippen molar-refractivity contribution in [1.29, 1.82) is 5.41 Å². The fourth-order valence-corrected chi connectivity index (χ4v) is 4.97. The van der Waals surface area contributed by atoms with E-state index in [1.807, 2.05) is 91.0 Å². The van der Waals surface area contributed by atoms with Crippen LogP contribution in [0, 0.1) is 5.41 Å². The normalized spacial score (nSPS) is 21.1. The van der Waals surface area contributed by atoms with Crippen molar-refractivity contribution in [2.24, 2.45) is 0 Å². The average molecular weight is 650 g/mol. The molecule has 1 heterocycles. The topological polar surface area (TPSA) is 96.3 Å². The number of hydrogen-bond acceptors (Lipinski definition) is 8.